The number of nitrogens with zero attached hydrogens (tertiary/aromatic N) is 2. The van der Waals surface area contributed by atoms with E-state index in [1.165, 1.54) is 12.3 Å². The first-order valence-electron chi connectivity index (χ1n) is 5.87. The van der Waals surface area contributed by atoms with E-state index in [-0.39, 0.29) is 16.1 Å². The molecule has 104 valence electrons. The van der Waals surface area contributed by atoms with Crippen molar-refractivity contribution in [2.75, 3.05) is 24.3 Å². The van der Waals surface area contributed by atoms with Gasteiger partial charge in [-0.15, -0.1) is 0 Å². The topological polar surface area (TPSA) is 45.2 Å². The number of aromatic nitrogens is 1. The summed E-state index contributed by atoms with van der Waals surface area (Å²) in [5.74, 6) is -0.285. The molecule has 4 nitrogen and oxygen atoms in total. The first kappa shape index (κ1) is 14.6. The zero-order chi connectivity index (χ0) is 14.7. The van der Waals surface area contributed by atoms with Gasteiger partial charge in [0.25, 0.3) is 5.91 Å². The van der Waals surface area contributed by atoms with E-state index >= 15 is 0 Å². The molecule has 1 heterocycles. The van der Waals surface area contributed by atoms with E-state index in [0.717, 1.165) is 5.69 Å². The fourth-order valence-corrected chi connectivity index (χ4v) is 1.88. The minimum absolute atomic E-state index is 0.179. The minimum atomic E-state index is -0.285. The summed E-state index contributed by atoms with van der Waals surface area (Å²) in [5.41, 5.74) is 2.05. The molecule has 1 aromatic heterocycles. The molecule has 0 fully saturated rings. The average Bonchev–Trinajstić information content (AvgIpc) is 2.42. The van der Waals surface area contributed by atoms with Crippen LogP contribution in [0.3, 0.4) is 0 Å². The second-order valence-electron chi connectivity index (χ2n) is 4.40. The van der Waals surface area contributed by atoms with Crippen LogP contribution in [0.15, 0.2) is 36.5 Å². The molecule has 0 saturated carbocycles. The summed E-state index contributed by atoms with van der Waals surface area (Å²) in [7, 11) is 3.87. The quantitative estimate of drug-likeness (QED) is 0.879. The van der Waals surface area contributed by atoms with Gasteiger partial charge >= 0.3 is 0 Å². The third-order valence-electron chi connectivity index (χ3n) is 2.68. The van der Waals surface area contributed by atoms with E-state index < -0.39 is 0 Å². The lowest BCUT2D eigenvalue weighted by molar-refractivity contribution is 0.102. The zero-order valence-corrected chi connectivity index (χ0v) is 12.5. The Kier molecular flexibility index (Phi) is 4.47. The normalized spacial score (nSPS) is 10.2. The van der Waals surface area contributed by atoms with Crippen LogP contribution in [0.2, 0.25) is 10.2 Å². The Morgan fingerprint density at radius 1 is 1.25 bits per heavy atom. The van der Waals surface area contributed by atoms with Gasteiger partial charge in [0.1, 0.15) is 5.15 Å². The highest BCUT2D eigenvalue weighted by molar-refractivity contribution is 6.41. The van der Waals surface area contributed by atoms with Crippen molar-refractivity contribution >= 4 is 40.5 Å². The van der Waals surface area contributed by atoms with E-state index in [4.69, 9.17) is 23.2 Å². The van der Waals surface area contributed by atoms with Crippen molar-refractivity contribution < 1.29 is 4.79 Å². The number of benzene rings is 1. The van der Waals surface area contributed by atoms with Crippen LogP contribution < -0.4 is 10.2 Å². The maximum absolute atomic E-state index is 12.1. The van der Waals surface area contributed by atoms with Crippen molar-refractivity contribution in [3.63, 3.8) is 0 Å². The molecule has 1 aromatic carbocycles. The first-order chi connectivity index (χ1) is 9.47. The molecule has 0 aliphatic heterocycles. The van der Waals surface area contributed by atoms with Crippen molar-refractivity contribution in [3.8, 4) is 0 Å². The van der Waals surface area contributed by atoms with Gasteiger partial charge in [-0.3, -0.25) is 4.79 Å². The van der Waals surface area contributed by atoms with Gasteiger partial charge in [0.05, 0.1) is 10.6 Å². The molecule has 0 saturated heterocycles. The van der Waals surface area contributed by atoms with Crippen molar-refractivity contribution in [1.29, 1.82) is 0 Å². The summed E-state index contributed by atoms with van der Waals surface area (Å²) < 4.78 is 0. The molecule has 2 rings (SSSR count). The third kappa shape index (κ3) is 3.40. The lowest BCUT2D eigenvalue weighted by Gasteiger charge is -2.14. The fourth-order valence-electron chi connectivity index (χ4n) is 1.61. The van der Waals surface area contributed by atoms with E-state index in [1.807, 2.05) is 43.3 Å². The van der Waals surface area contributed by atoms with Gasteiger partial charge in [-0.25, -0.2) is 4.98 Å². The van der Waals surface area contributed by atoms with Crippen molar-refractivity contribution in [3.05, 3.63) is 52.3 Å². The van der Waals surface area contributed by atoms with Gasteiger partial charge in [-0.2, -0.15) is 0 Å². The van der Waals surface area contributed by atoms with Crippen LogP contribution in [-0.2, 0) is 0 Å². The zero-order valence-electron chi connectivity index (χ0n) is 11.0. The summed E-state index contributed by atoms with van der Waals surface area (Å²) in [4.78, 5) is 17.9. The summed E-state index contributed by atoms with van der Waals surface area (Å²) in [6, 6.07) is 9.01. The molecule has 1 N–H and O–H groups in total. The maximum atomic E-state index is 12.1. The first-order valence-corrected chi connectivity index (χ1v) is 6.63. The Bertz CT molecular complexity index is 644. The minimum Gasteiger partial charge on any atom is -0.378 e. The molecule has 0 aliphatic carbocycles. The Labute approximate surface area is 127 Å². The lowest BCUT2D eigenvalue weighted by Crippen LogP contribution is -2.13. The number of halogens is 2. The maximum Gasteiger partial charge on any atom is 0.257 e. The van der Waals surface area contributed by atoms with Crippen LogP contribution in [0.25, 0.3) is 0 Å². The number of pyridine rings is 1. The van der Waals surface area contributed by atoms with Gasteiger partial charge < -0.3 is 10.2 Å². The highest BCUT2D eigenvalue weighted by Gasteiger charge is 2.10. The van der Waals surface area contributed by atoms with Crippen molar-refractivity contribution in [2.24, 2.45) is 0 Å². The van der Waals surface area contributed by atoms with E-state index in [9.17, 15) is 4.79 Å². The average molecular weight is 310 g/mol. The molecule has 20 heavy (non-hydrogen) atoms. The van der Waals surface area contributed by atoms with Crippen LogP contribution in [0, 0.1) is 0 Å². The smallest absolute Gasteiger partial charge is 0.257 e. The molecule has 0 bridgehead atoms. The van der Waals surface area contributed by atoms with Crippen LogP contribution in [0.4, 0.5) is 11.4 Å². The van der Waals surface area contributed by atoms with Crippen LogP contribution in [0.1, 0.15) is 10.4 Å². The fraction of sp³-hybridized carbons (Fsp3) is 0.143. The second kappa shape index (κ2) is 6.11. The van der Waals surface area contributed by atoms with E-state index in [1.54, 1.807) is 0 Å². The number of nitrogens with one attached hydrogen (secondary N) is 1. The second-order valence-corrected chi connectivity index (χ2v) is 5.16. The lowest BCUT2D eigenvalue weighted by atomic mass is 10.2. The molecule has 6 heteroatoms. The van der Waals surface area contributed by atoms with Crippen molar-refractivity contribution in [2.45, 2.75) is 0 Å². The number of rotatable bonds is 3. The summed E-state index contributed by atoms with van der Waals surface area (Å²) in [6.07, 6.45) is 1.39. The van der Waals surface area contributed by atoms with Gasteiger partial charge in [-0.05, 0) is 24.3 Å². The Balaban J connectivity index is 2.19. The number of anilines is 2. The highest BCUT2D eigenvalue weighted by atomic mass is 35.5. The molecular formula is C14H13Cl2N3O. The molecule has 1 amide bonds. The highest BCUT2D eigenvalue weighted by Crippen LogP contribution is 2.21. The number of hydrogen-bond donors (Lipinski definition) is 1. The van der Waals surface area contributed by atoms with Gasteiger partial charge in [0, 0.05) is 31.7 Å². The number of hydrogen-bond acceptors (Lipinski definition) is 3. The molecule has 0 unspecified atom stereocenters. The largest absolute Gasteiger partial charge is 0.378 e. The van der Waals surface area contributed by atoms with Gasteiger partial charge in [0.15, 0.2) is 0 Å². The molecular weight excluding hydrogens is 297 g/mol. The Hall–Kier alpha value is -1.78. The van der Waals surface area contributed by atoms with Crippen LogP contribution in [0.5, 0.6) is 0 Å². The van der Waals surface area contributed by atoms with Crippen molar-refractivity contribution in [1.82, 2.24) is 4.98 Å². The van der Waals surface area contributed by atoms with Gasteiger partial charge in [-0.1, -0.05) is 29.3 Å². The summed E-state index contributed by atoms with van der Waals surface area (Å²) >= 11 is 11.6. The predicted molar refractivity (Wildman–Crippen MR) is 83.0 cm³/mol. The van der Waals surface area contributed by atoms with Crippen LogP contribution >= 0.6 is 23.2 Å². The predicted octanol–water partition coefficient (Wildman–Crippen LogP) is 3.71. The summed E-state index contributed by atoms with van der Waals surface area (Å²) in [6.45, 7) is 0. The number of amides is 1. The Morgan fingerprint density at radius 3 is 2.65 bits per heavy atom. The standard InChI is InChI=1S/C14H13Cl2N3O/c1-19(2)11-5-3-4-10(7-11)18-14(20)9-6-12(15)13(16)17-8-9/h3-8H,1-2H3,(H,18,20). The molecule has 0 spiro atoms. The van der Waals surface area contributed by atoms with Gasteiger partial charge in [0.2, 0.25) is 0 Å². The molecule has 0 atom stereocenters. The molecule has 0 aliphatic rings. The third-order valence-corrected chi connectivity index (χ3v) is 3.36. The molecule has 2 aromatic rings. The van der Waals surface area contributed by atoms with E-state index in [0.29, 0.717) is 11.3 Å². The monoisotopic (exact) mass is 309 g/mol. The number of carbonyl (C=O) groups is 1. The SMILES string of the molecule is CN(C)c1cccc(NC(=O)c2cnc(Cl)c(Cl)c2)c1. The Morgan fingerprint density at radius 2 is 2.00 bits per heavy atom. The van der Waals surface area contributed by atoms with Crippen LogP contribution in [-0.4, -0.2) is 25.0 Å². The number of carbonyl (C=O) groups excluding carboxylic acids is 1. The molecule has 0 radical (unpaired) electrons. The summed E-state index contributed by atoms with van der Waals surface area (Å²) in [5, 5.41) is 3.22. The van der Waals surface area contributed by atoms with E-state index in [2.05, 4.69) is 10.3 Å².